The van der Waals surface area contributed by atoms with Crippen LogP contribution in [0.1, 0.15) is 10.4 Å². The molecule has 0 saturated heterocycles. The standard InChI is InChI=1S/C30H29N3O4/c1-33(25-10-4-2-5-11-25)30(35)23-16-18-24(19-17-23)31-22-29(34)32-27-14-8-9-15-28(27)37-21-20-36-26-12-6-3-7-13-26/h2-19,31H,20-22H2,1H3,(H,32,34). The Morgan fingerprint density at radius 3 is 2.08 bits per heavy atom. The highest BCUT2D eigenvalue weighted by Crippen LogP contribution is 2.24. The zero-order valence-corrected chi connectivity index (χ0v) is 20.6. The SMILES string of the molecule is CN(C(=O)c1ccc(NCC(=O)Nc2ccccc2OCCOc2ccccc2)cc1)c1ccccc1. The molecule has 37 heavy (non-hydrogen) atoms. The second-order valence-electron chi connectivity index (χ2n) is 8.18. The van der Waals surface area contributed by atoms with Gasteiger partial charge in [-0.2, -0.15) is 0 Å². The third-order valence-corrected chi connectivity index (χ3v) is 5.55. The van der Waals surface area contributed by atoms with E-state index in [9.17, 15) is 9.59 Å². The van der Waals surface area contributed by atoms with Crippen LogP contribution >= 0.6 is 0 Å². The minimum Gasteiger partial charge on any atom is -0.490 e. The van der Waals surface area contributed by atoms with Crippen LogP contribution in [0.25, 0.3) is 0 Å². The van der Waals surface area contributed by atoms with Gasteiger partial charge >= 0.3 is 0 Å². The first-order valence-corrected chi connectivity index (χ1v) is 12.0. The molecule has 4 aromatic carbocycles. The molecule has 0 aliphatic heterocycles. The first kappa shape index (κ1) is 25.3. The number of anilines is 3. The molecule has 0 spiro atoms. The topological polar surface area (TPSA) is 79.9 Å². The van der Waals surface area contributed by atoms with Gasteiger partial charge in [-0.3, -0.25) is 9.59 Å². The van der Waals surface area contributed by atoms with E-state index >= 15 is 0 Å². The second-order valence-corrected chi connectivity index (χ2v) is 8.18. The van der Waals surface area contributed by atoms with Crippen LogP contribution in [0, 0.1) is 0 Å². The Hall–Kier alpha value is -4.78. The number of nitrogens with zero attached hydrogens (tertiary/aromatic N) is 1. The molecule has 0 fully saturated rings. The average molecular weight is 496 g/mol. The van der Waals surface area contributed by atoms with Crippen LogP contribution in [0.5, 0.6) is 11.5 Å². The minimum atomic E-state index is -0.222. The molecule has 0 bridgehead atoms. The molecule has 7 nitrogen and oxygen atoms in total. The Bertz CT molecular complexity index is 1300. The van der Waals surface area contributed by atoms with Gasteiger partial charge in [-0.25, -0.2) is 0 Å². The first-order valence-electron chi connectivity index (χ1n) is 12.0. The Kier molecular flexibility index (Phi) is 8.75. The Labute approximate surface area is 216 Å². The minimum absolute atomic E-state index is 0.0582. The van der Waals surface area contributed by atoms with Gasteiger partial charge in [-0.15, -0.1) is 0 Å². The summed E-state index contributed by atoms with van der Waals surface area (Å²) in [6, 6.07) is 33.3. The van der Waals surface area contributed by atoms with Crippen molar-refractivity contribution in [3.05, 3.63) is 115 Å². The van der Waals surface area contributed by atoms with Crippen molar-refractivity contribution >= 4 is 28.9 Å². The molecule has 0 radical (unpaired) electrons. The molecule has 0 aromatic heterocycles. The summed E-state index contributed by atoms with van der Waals surface area (Å²) in [6.07, 6.45) is 0. The van der Waals surface area contributed by atoms with Gasteiger partial charge in [0.05, 0.1) is 12.2 Å². The van der Waals surface area contributed by atoms with Crippen molar-refractivity contribution in [3.8, 4) is 11.5 Å². The van der Waals surface area contributed by atoms with Crippen LogP contribution in [0.2, 0.25) is 0 Å². The molecule has 188 valence electrons. The molecule has 0 aliphatic rings. The smallest absolute Gasteiger partial charge is 0.258 e. The maximum atomic E-state index is 12.7. The highest BCUT2D eigenvalue weighted by molar-refractivity contribution is 6.05. The lowest BCUT2D eigenvalue weighted by Gasteiger charge is -2.17. The summed E-state index contributed by atoms with van der Waals surface area (Å²) in [5.74, 6) is 1.01. The molecule has 4 rings (SSSR count). The van der Waals surface area contributed by atoms with E-state index in [0.717, 1.165) is 17.1 Å². The molecule has 0 aliphatic carbocycles. The van der Waals surface area contributed by atoms with Crippen molar-refractivity contribution in [1.82, 2.24) is 0 Å². The van der Waals surface area contributed by atoms with Gasteiger partial charge in [-0.05, 0) is 60.7 Å². The fourth-order valence-corrected chi connectivity index (χ4v) is 3.59. The van der Waals surface area contributed by atoms with Crippen molar-refractivity contribution in [2.24, 2.45) is 0 Å². The van der Waals surface area contributed by atoms with E-state index in [2.05, 4.69) is 10.6 Å². The predicted molar refractivity (Wildman–Crippen MR) is 147 cm³/mol. The monoisotopic (exact) mass is 495 g/mol. The first-order chi connectivity index (χ1) is 18.1. The fraction of sp³-hybridized carbons (Fsp3) is 0.133. The Morgan fingerprint density at radius 1 is 0.730 bits per heavy atom. The lowest BCUT2D eigenvalue weighted by molar-refractivity contribution is -0.114. The predicted octanol–water partition coefficient (Wildman–Crippen LogP) is 5.47. The zero-order chi connectivity index (χ0) is 25.9. The van der Waals surface area contributed by atoms with Gasteiger partial charge in [0.25, 0.3) is 5.91 Å². The molecule has 4 aromatic rings. The summed E-state index contributed by atoms with van der Waals surface area (Å²) in [7, 11) is 1.74. The van der Waals surface area contributed by atoms with Crippen LogP contribution < -0.4 is 25.0 Å². The zero-order valence-electron chi connectivity index (χ0n) is 20.6. The molecule has 2 N–H and O–H groups in total. The van der Waals surface area contributed by atoms with E-state index in [0.29, 0.717) is 30.2 Å². The summed E-state index contributed by atoms with van der Waals surface area (Å²) >= 11 is 0. The van der Waals surface area contributed by atoms with E-state index in [4.69, 9.17) is 9.47 Å². The van der Waals surface area contributed by atoms with Crippen molar-refractivity contribution in [3.63, 3.8) is 0 Å². The van der Waals surface area contributed by atoms with E-state index in [1.807, 2.05) is 72.8 Å². The number of para-hydroxylation sites is 4. The van der Waals surface area contributed by atoms with Crippen molar-refractivity contribution in [1.29, 1.82) is 0 Å². The van der Waals surface area contributed by atoms with E-state index in [-0.39, 0.29) is 18.4 Å². The van der Waals surface area contributed by atoms with Crippen LogP contribution in [-0.2, 0) is 4.79 Å². The number of hydrogen-bond acceptors (Lipinski definition) is 5. The summed E-state index contributed by atoms with van der Waals surface area (Å²) in [5, 5.41) is 5.96. The lowest BCUT2D eigenvalue weighted by atomic mass is 10.1. The second kappa shape index (κ2) is 12.8. The molecule has 0 heterocycles. The maximum Gasteiger partial charge on any atom is 0.258 e. The van der Waals surface area contributed by atoms with E-state index in [1.165, 1.54) is 0 Å². The number of amides is 2. The van der Waals surface area contributed by atoms with Crippen molar-refractivity contribution in [2.45, 2.75) is 0 Å². The quantitative estimate of drug-likeness (QED) is 0.270. The Morgan fingerprint density at radius 2 is 1.35 bits per heavy atom. The van der Waals surface area contributed by atoms with Gasteiger partial charge in [-0.1, -0.05) is 48.5 Å². The number of carbonyl (C=O) groups is 2. The average Bonchev–Trinajstić information content (AvgIpc) is 2.95. The van der Waals surface area contributed by atoms with Gasteiger partial charge in [0.2, 0.25) is 5.91 Å². The van der Waals surface area contributed by atoms with E-state index < -0.39 is 0 Å². The number of rotatable bonds is 11. The number of ether oxygens (including phenoxy) is 2. The molecule has 7 heteroatoms. The number of nitrogens with one attached hydrogen (secondary N) is 2. The third-order valence-electron chi connectivity index (χ3n) is 5.55. The van der Waals surface area contributed by atoms with Gasteiger partial charge < -0.3 is 25.0 Å². The van der Waals surface area contributed by atoms with Crippen molar-refractivity contribution in [2.75, 3.05) is 42.3 Å². The summed E-state index contributed by atoms with van der Waals surface area (Å²) in [6.45, 7) is 0.778. The highest BCUT2D eigenvalue weighted by Gasteiger charge is 2.13. The van der Waals surface area contributed by atoms with Gasteiger partial charge in [0.15, 0.2) is 0 Å². The summed E-state index contributed by atoms with van der Waals surface area (Å²) in [4.78, 5) is 26.9. The van der Waals surface area contributed by atoms with Crippen LogP contribution in [-0.4, -0.2) is 38.6 Å². The molecular formula is C30H29N3O4. The Balaban J connectivity index is 1.25. The van der Waals surface area contributed by atoms with Crippen LogP contribution in [0.4, 0.5) is 17.1 Å². The molecule has 2 amide bonds. The molecule has 0 unspecified atom stereocenters. The largest absolute Gasteiger partial charge is 0.490 e. The molecule has 0 saturated carbocycles. The van der Waals surface area contributed by atoms with Gasteiger partial charge in [0.1, 0.15) is 24.7 Å². The lowest BCUT2D eigenvalue weighted by Crippen LogP contribution is -2.26. The van der Waals surface area contributed by atoms with Crippen LogP contribution in [0.3, 0.4) is 0 Å². The highest BCUT2D eigenvalue weighted by atomic mass is 16.5. The fourth-order valence-electron chi connectivity index (χ4n) is 3.59. The van der Waals surface area contributed by atoms with Crippen molar-refractivity contribution < 1.29 is 19.1 Å². The van der Waals surface area contributed by atoms with Crippen LogP contribution in [0.15, 0.2) is 109 Å². The van der Waals surface area contributed by atoms with Gasteiger partial charge in [0, 0.05) is 24.0 Å². The number of carbonyl (C=O) groups excluding carboxylic acids is 2. The number of benzene rings is 4. The summed E-state index contributed by atoms with van der Waals surface area (Å²) < 4.78 is 11.5. The molecular weight excluding hydrogens is 466 g/mol. The van der Waals surface area contributed by atoms with E-state index in [1.54, 1.807) is 48.3 Å². The maximum absolute atomic E-state index is 12.7. The third kappa shape index (κ3) is 7.35. The number of hydrogen-bond donors (Lipinski definition) is 2. The summed E-state index contributed by atoms with van der Waals surface area (Å²) in [5.41, 5.74) is 2.69. The normalized spacial score (nSPS) is 10.3. The molecule has 0 atom stereocenters.